The zero-order valence-corrected chi connectivity index (χ0v) is 9.50. The number of carbonyl (C=O) groups is 1. The maximum atomic E-state index is 12.8. The Labute approximate surface area is 97.0 Å². The van der Waals surface area contributed by atoms with Crippen LogP contribution in [0.3, 0.4) is 0 Å². The Bertz CT molecular complexity index is 295. The predicted molar refractivity (Wildman–Crippen MR) is 53.5 cm³/mol. The number of likely N-dealkylation sites (tertiary alicyclic amines) is 1. The second-order valence-electron chi connectivity index (χ2n) is 4.42. The largest absolute Gasteiger partial charge is 0.480 e. The molecule has 4 nitrogen and oxygen atoms in total. The number of rotatable bonds is 4. The molecule has 7 heteroatoms. The number of carboxylic acid groups (broad SMARTS) is 1. The van der Waals surface area contributed by atoms with Gasteiger partial charge in [0.05, 0.1) is 6.61 Å². The van der Waals surface area contributed by atoms with E-state index in [4.69, 9.17) is 10.2 Å². The van der Waals surface area contributed by atoms with E-state index in [2.05, 4.69) is 0 Å². The van der Waals surface area contributed by atoms with E-state index in [1.807, 2.05) is 0 Å². The van der Waals surface area contributed by atoms with Crippen molar-refractivity contribution in [3.63, 3.8) is 0 Å². The Morgan fingerprint density at radius 1 is 1.53 bits per heavy atom. The molecule has 1 fully saturated rings. The first kappa shape index (κ1) is 14.2. The lowest BCUT2D eigenvalue weighted by molar-refractivity contribution is -0.231. The van der Waals surface area contributed by atoms with Crippen molar-refractivity contribution in [3.05, 3.63) is 0 Å². The third kappa shape index (κ3) is 2.55. The van der Waals surface area contributed by atoms with E-state index in [1.54, 1.807) is 6.92 Å². The van der Waals surface area contributed by atoms with Crippen LogP contribution in [0.15, 0.2) is 0 Å². The zero-order chi connectivity index (χ0) is 13.3. The molecule has 0 amide bonds. The van der Waals surface area contributed by atoms with Crippen molar-refractivity contribution in [2.24, 2.45) is 5.41 Å². The van der Waals surface area contributed by atoms with Gasteiger partial charge in [0, 0.05) is 13.1 Å². The molecule has 0 aromatic rings. The minimum atomic E-state index is -4.51. The summed E-state index contributed by atoms with van der Waals surface area (Å²) < 4.78 is 38.5. The Balaban J connectivity index is 2.84. The first-order valence-electron chi connectivity index (χ1n) is 5.42. The second-order valence-corrected chi connectivity index (χ2v) is 4.42. The minimum absolute atomic E-state index is 0.0465. The number of aliphatic carboxylic acids is 1. The molecule has 0 unspecified atom stereocenters. The van der Waals surface area contributed by atoms with Gasteiger partial charge in [-0.2, -0.15) is 13.2 Å². The highest BCUT2D eigenvalue weighted by Crippen LogP contribution is 2.45. The first-order valence-corrected chi connectivity index (χ1v) is 5.42. The zero-order valence-electron chi connectivity index (χ0n) is 9.50. The van der Waals surface area contributed by atoms with E-state index in [-0.39, 0.29) is 19.4 Å². The molecule has 0 radical (unpaired) electrons. The number of carboxylic acids is 1. The summed E-state index contributed by atoms with van der Waals surface area (Å²) in [6, 6.07) is -0.911. The molecular formula is C10H16F3NO3. The summed E-state index contributed by atoms with van der Waals surface area (Å²) in [6.07, 6.45) is -4.52. The molecule has 100 valence electrons. The summed E-state index contributed by atoms with van der Waals surface area (Å²) in [6.45, 7) is 0.219. The van der Waals surface area contributed by atoms with Crippen LogP contribution < -0.4 is 0 Å². The number of alkyl halides is 3. The normalized spacial score (nSPS) is 28.3. The summed E-state index contributed by atoms with van der Waals surface area (Å²) >= 11 is 0. The van der Waals surface area contributed by atoms with Crippen molar-refractivity contribution in [1.82, 2.24) is 4.90 Å². The van der Waals surface area contributed by atoms with Gasteiger partial charge in [-0.15, -0.1) is 0 Å². The third-order valence-corrected chi connectivity index (χ3v) is 3.40. The summed E-state index contributed by atoms with van der Waals surface area (Å²) in [5.74, 6) is -1.12. The highest BCUT2D eigenvalue weighted by Gasteiger charge is 2.58. The SMILES string of the molecule is CC[C@H](C(=O)O)N1CC[C@](CO)(C(F)(F)F)C1. The van der Waals surface area contributed by atoms with Crippen molar-refractivity contribution in [2.75, 3.05) is 19.7 Å². The monoisotopic (exact) mass is 255 g/mol. The van der Waals surface area contributed by atoms with Crippen LogP contribution in [0.25, 0.3) is 0 Å². The predicted octanol–water partition coefficient (Wildman–Crippen LogP) is 1.10. The summed E-state index contributed by atoms with van der Waals surface area (Å²) in [7, 11) is 0. The number of nitrogens with zero attached hydrogens (tertiary/aromatic N) is 1. The van der Waals surface area contributed by atoms with Crippen LogP contribution in [0.1, 0.15) is 19.8 Å². The number of hydrogen-bond acceptors (Lipinski definition) is 3. The Morgan fingerprint density at radius 2 is 2.12 bits per heavy atom. The average molecular weight is 255 g/mol. The fourth-order valence-electron chi connectivity index (χ4n) is 2.21. The molecule has 17 heavy (non-hydrogen) atoms. The Hall–Kier alpha value is -0.820. The molecule has 1 heterocycles. The van der Waals surface area contributed by atoms with Crippen LogP contribution in [-0.4, -0.2) is 53.0 Å². The standard InChI is InChI=1S/C10H16F3NO3/c1-2-7(8(16)17)14-4-3-9(5-14,6-15)10(11,12)13/h7,15H,2-6H2,1H3,(H,16,17)/t7-,9+/m1/s1. The van der Waals surface area contributed by atoms with Gasteiger partial charge in [-0.1, -0.05) is 6.92 Å². The molecule has 0 aliphatic carbocycles. The van der Waals surface area contributed by atoms with E-state index in [1.165, 1.54) is 4.90 Å². The number of aliphatic hydroxyl groups is 1. The fraction of sp³-hybridized carbons (Fsp3) is 0.900. The molecule has 1 aliphatic heterocycles. The molecular weight excluding hydrogens is 239 g/mol. The van der Waals surface area contributed by atoms with Crippen LogP contribution in [0.5, 0.6) is 0 Å². The average Bonchev–Trinajstić information content (AvgIpc) is 2.63. The van der Waals surface area contributed by atoms with Gasteiger partial charge in [0.2, 0.25) is 0 Å². The van der Waals surface area contributed by atoms with Crippen molar-refractivity contribution >= 4 is 5.97 Å². The van der Waals surface area contributed by atoms with Gasteiger partial charge < -0.3 is 10.2 Å². The molecule has 0 aromatic carbocycles. The van der Waals surface area contributed by atoms with Gasteiger partial charge in [0.25, 0.3) is 0 Å². The van der Waals surface area contributed by atoms with Gasteiger partial charge in [-0.3, -0.25) is 9.69 Å². The molecule has 0 aromatic heterocycles. The van der Waals surface area contributed by atoms with Crippen LogP contribution in [-0.2, 0) is 4.79 Å². The van der Waals surface area contributed by atoms with Crippen LogP contribution in [0, 0.1) is 5.41 Å². The summed E-state index contributed by atoms with van der Waals surface area (Å²) in [5.41, 5.74) is -2.17. The molecule has 1 saturated heterocycles. The lowest BCUT2D eigenvalue weighted by atomic mass is 9.87. The quantitative estimate of drug-likeness (QED) is 0.789. The van der Waals surface area contributed by atoms with Gasteiger partial charge >= 0.3 is 12.1 Å². The van der Waals surface area contributed by atoms with Gasteiger partial charge in [0.1, 0.15) is 11.5 Å². The molecule has 0 bridgehead atoms. The highest BCUT2D eigenvalue weighted by molar-refractivity contribution is 5.73. The number of hydrogen-bond donors (Lipinski definition) is 2. The molecule has 2 atom stereocenters. The summed E-state index contributed by atoms with van der Waals surface area (Å²) in [4.78, 5) is 12.2. The second kappa shape index (κ2) is 4.81. The minimum Gasteiger partial charge on any atom is -0.480 e. The van der Waals surface area contributed by atoms with Crippen LogP contribution in [0.2, 0.25) is 0 Å². The molecule has 0 saturated carbocycles. The highest BCUT2D eigenvalue weighted by atomic mass is 19.4. The van der Waals surface area contributed by atoms with Gasteiger partial charge in [0.15, 0.2) is 0 Å². The maximum absolute atomic E-state index is 12.8. The fourth-order valence-corrected chi connectivity index (χ4v) is 2.21. The summed E-state index contributed by atoms with van der Waals surface area (Å²) in [5, 5.41) is 17.9. The van der Waals surface area contributed by atoms with E-state index < -0.39 is 36.8 Å². The van der Waals surface area contributed by atoms with E-state index in [9.17, 15) is 18.0 Å². The van der Waals surface area contributed by atoms with E-state index >= 15 is 0 Å². The Morgan fingerprint density at radius 3 is 2.41 bits per heavy atom. The van der Waals surface area contributed by atoms with Crippen molar-refractivity contribution in [2.45, 2.75) is 32.0 Å². The van der Waals surface area contributed by atoms with E-state index in [0.717, 1.165) is 0 Å². The van der Waals surface area contributed by atoms with Crippen molar-refractivity contribution < 1.29 is 28.2 Å². The first-order chi connectivity index (χ1) is 7.77. The van der Waals surface area contributed by atoms with E-state index in [0.29, 0.717) is 0 Å². The molecule has 2 N–H and O–H groups in total. The molecule has 1 rings (SSSR count). The number of halogens is 3. The Kier molecular flexibility index (Phi) is 4.03. The van der Waals surface area contributed by atoms with Crippen LogP contribution >= 0.6 is 0 Å². The topological polar surface area (TPSA) is 60.8 Å². The molecule has 1 aliphatic rings. The molecule has 0 spiro atoms. The number of aliphatic hydroxyl groups excluding tert-OH is 1. The lowest BCUT2D eigenvalue weighted by Gasteiger charge is -2.31. The van der Waals surface area contributed by atoms with Crippen LogP contribution in [0.4, 0.5) is 13.2 Å². The van der Waals surface area contributed by atoms with Crippen molar-refractivity contribution in [1.29, 1.82) is 0 Å². The maximum Gasteiger partial charge on any atom is 0.397 e. The van der Waals surface area contributed by atoms with Gasteiger partial charge in [-0.25, -0.2) is 0 Å². The van der Waals surface area contributed by atoms with Gasteiger partial charge in [-0.05, 0) is 12.8 Å². The van der Waals surface area contributed by atoms with Crippen molar-refractivity contribution in [3.8, 4) is 0 Å². The smallest absolute Gasteiger partial charge is 0.397 e. The lowest BCUT2D eigenvalue weighted by Crippen LogP contribution is -2.46. The third-order valence-electron chi connectivity index (χ3n) is 3.40.